The lowest BCUT2D eigenvalue weighted by atomic mass is 9.61. The second-order valence-corrected chi connectivity index (χ2v) is 10.7. The van der Waals surface area contributed by atoms with E-state index in [9.17, 15) is 9.18 Å². The van der Waals surface area contributed by atoms with Crippen molar-refractivity contribution in [2.24, 2.45) is 35.5 Å². The Labute approximate surface area is 204 Å². The average molecular weight is 469 g/mol. The zero-order valence-electron chi connectivity index (χ0n) is 20.9. The first kappa shape index (κ1) is 25.0. The lowest BCUT2D eigenvalue weighted by Crippen LogP contribution is -2.35. The number of carbonyl (C=O) groups is 1. The molecule has 0 saturated heterocycles. The second kappa shape index (κ2) is 12.0. The molecule has 0 spiro atoms. The fourth-order valence-electron chi connectivity index (χ4n) is 6.75. The number of allylic oxidation sites excluding steroid dienone is 3. The van der Waals surface area contributed by atoms with Crippen molar-refractivity contribution in [2.45, 2.75) is 78.1 Å². The molecule has 0 aliphatic heterocycles. The van der Waals surface area contributed by atoms with Gasteiger partial charge in [-0.25, -0.2) is 4.39 Å². The Balaban J connectivity index is 1.23. The summed E-state index contributed by atoms with van der Waals surface area (Å²) in [5.41, 5.74) is 0. The fraction of sp³-hybridized carbons (Fsp3) is 0.633. The highest BCUT2D eigenvalue weighted by Gasteiger charge is 2.39. The predicted octanol–water partition coefficient (Wildman–Crippen LogP) is 7.90. The molecule has 0 heterocycles. The van der Waals surface area contributed by atoms with Gasteiger partial charge in [0.05, 0.1) is 5.92 Å². The third-order valence-corrected chi connectivity index (χ3v) is 8.63. The van der Waals surface area contributed by atoms with Crippen LogP contribution < -0.4 is 9.47 Å². The Hall–Kier alpha value is -2.10. The first-order valence-electron chi connectivity index (χ1n) is 13.4. The van der Waals surface area contributed by atoms with Crippen molar-refractivity contribution in [3.05, 3.63) is 48.3 Å². The summed E-state index contributed by atoms with van der Waals surface area (Å²) in [6, 6.07) is 4.42. The number of ether oxygens (including phenoxy) is 2. The number of hydrogen-bond acceptors (Lipinski definition) is 3. The summed E-state index contributed by atoms with van der Waals surface area (Å²) in [6.07, 6.45) is 20.6. The van der Waals surface area contributed by atoms with Gasteiger partial charge in [0, 0.05) is 6.07 Å². The monoisotopic (exact) mass is 468 g/mol. The molecule has 0 radical (unpaired) electrons. The molecule has 0 bridgehead atoms. The number of hydrogen-bond donors (Lipinski definition) is 0. The highest BCUT2D eigenvalue weighted by Crippen LogP contribution is 2.49. The van der Waals surface area contributed by atoms with Crippen LogP contribution in [0, 0.1) is 41.3 Å². The first-order chi connectivity index (χ1) is 16.6. The van der Waals surface area contributed by atoms with E-state index in [1.807, 2.05) is 19.1 Å². The van der Waals surface area contributed by atoms with Gasteiger partial charge in [-0.1, -0.05) is 24.3 Å². The van der Waals surface area contributed by atoms with Crippen LogP contribution in [0.3, 0.4) is 0 Å². The van der Waals surface area contributed by atoms with E-state index in [1.54, 1.807) is 6.07 Å². The van der Waals surface area contributed by atoms with Gasteiger partial charge in [0.2, 0.25) is 0 Å². The van der Waals surface area contributed by atoms with Crippen LogP contribution in [0.1, 0.15) is 78.1 Å². The third kappa shape index (κ3) is 6.31. The summed E-state index contributed by atoms with van der Waals surface area (Å²) < 4.78 is 25.3. The van der Waals surface area contributed by atoms with Crippen molar-refractivity contribution >= 4 is 5.97 Å². The maximum Gasteiger partial charge on any atom is 0.314 e. The predicted molar refractivity (Wildman–Crippen MR) is 134 cm³/mol. The molecule has 3 saturated carbocycles. The number of benzene rings is 1. The van der Waals surface area contributed by atoms with Crippen molar-refractivity contribution in [2.75, 3.05) is 6.61 Å². The van der Waals surface area contributed by atoms with Crippen LogP contribution in [-0.4, -0.2) is 12.6 Å². The Kier molecular flexibility index (Phi) is 8.86. The number of halogens is 1. The van der Waals surface area contributed by atoms with Gasteiger partial charge in [-0.2, -0.15) is 0 Å². The molecule has 34 heavy (non-hydrogen) atoms. The molecule has 3 aliphatic rings. The van der Waals surface area contributed by atoms with Crippen LogP contribution in [-0.2, 0) is 4.79 Å². The Morgan fingerprint density at radius 1 is 0.912 bits per heavy atom. The average Bonchev–Trinajstić information content (AvgIpc) is 2.86. The third-order valence-electron chi connectivity index (χ3n) is 8.63. The van der Waals surface area contributed by atoms with E-state index in [4.69, 9.17) is 9.47 Å². The summed E-state index contributed by atoms with van der Waals surface area (Å²) in [7, 11) is 0. The molecular weight excluding hydrogens is 427 g/mol. The molecule has 1 aromatic carbocycles. The molecule has 3 fully saturated rings. The van der Waals surface area contributed by atoms with Gasteiger partial charge in [0.25, 0.3) is 0 Å². The molecule has 0 N–H and O–H groups in total. The van der Waals surface area contributed by atoms with Crippen molar-refractivity contribution in [1.29, 1.82) is 0 Å². The summed E-state index contributed by atoms with van der Waals surface area (Å²) in [6.45, 7) is 4.43. The SMILES string of the molecule is C/C=C/COc1ccc(OC(=O)C2CCC(C3CCC4CC(/C=C/C)CCC4C3)CC2)c(F)c1. The van der Waals surface area contributed by atoms with E-state index in [0.717, 1.165) is 55.3 Å². The zero-order valence-corrected chi connectivity index (χ0v) is 20.9. The maximum atomic E-state index is 14.4. The van der Waals surface area contributed by atoms with Gasteiger partial charge in [0.1, 0.15) is 12.4 Å². The summed E-state index contributed by atoms with van der Waals surface area (Å²) >= 11 is 0. The molecule has 3 aliphatic carbocycles. The van der Waals surface area contributed by atoms with E-state index in [0.29, 0.717) is 12.4 Å². The number of carbonyl (C=O) groups excluding carboxylic acids is 1. The largest absolute Gasteiger partial charge is 0.489 e. The fourth-order valence-corrected chi connectivity index (χ4v) is 6.75. The molecule has 4 unspecified atom stereocenters. The number of esters is 1. The minimum atomic E-state index is -0.555. The van der Waals surface area contributed by atoms with Crippen LogP contribution in [0.15, 0.2) is 42.5 Å². The molecule has 0 aromatic heterocycles. The minimum absolute atomic E-state index is 0.00245. The topological polar surface area (TPSA) is 35.5 Å². The molecular formula is C30H41FO3. The zero-order chi connectivity index (χ0) is 23.9. The first-order valence-corrected chi connectivity index (χ1v) is 13.4. The van der Waals surface area contributed by atoms with Gasteiger partial charge >= 0.3 is 5.97 Å². The van der Waals surface area contributed by atoms with Crippen molar-refractivity contribution in [3.8, 4) is 11.5 Å². The maximum absolute atomic E-state index is 14.4. The smallest absolute Gasteiger partial charge is 0.314 e. The van der Waals surface area contributed by atoms with Crippen LogP contribution in [0.4, 0.5) is 4.39 Å². The van der Waals surface area contributed by atoms with E-state index < -0.39 is 5.82 Å². The highest BCUT2D eigenvalue weighted by atomic mass is 19.1. The van der Waals surface area contributed by atoms with Crippen molar-refractivity contribution in [1.82, 2.24) is 0 Å². The number of rotatable bonds is 7. The number of fused-ring (bicyclic) bond motifs is 1. The van der Waals surface area contributed by atoms with E-state index in [1.165, 1.54) is 50.7 Å². The molecule has 3 nitrogen and oxygen atoms in total. The van der Waals surface area contributed by atoms with Crippen LogP contribution in [0.25, 0.3) is 0 Å². The Morgan fingerprint density at radius 2 is 1.59 bits per heavy atom. The lowest BCUT2D eigenvalue weighted by molar-refractivity contribution is -0.140. The Morgan fingerprint density at radius 3 is 2.29 bits per heavy atom. The molecule has 4 rings (SSSR count). The van der Waals surface area contributed by atoms with Gasteiger partial charge in [0.15, 0.2) is 11.6 Å². The molecule has 1 aromatic rings. The van der Waals surface area contributed by atoms with Crippen LogP contribution >= 0.6 is 0 Å². The summed E-state index contributed by atoms with van der Waals surface area (Å²) in [4.78, 5) is 12.7. The molecule has 0 amide bonds. The van der Waals surface area contributed by atoms with Gasteiger partial charge in [-0.3, -0.25) is 4.79 Å². The van der Waals surface area contributed by atoms with Crippen molar-refractivity contribution < 1.29 is 18.7 Å². The Bertz CT molecular complexity index is 868. The van der Waals surface area contributed by atoms with Crippen molar-refractivity contribution in [3.63, 3.8) is 0 Å². The van der Waals surface area contributed by atoms with Crippen LogP contribution in [0.5, 0.6) is 11.5 Å². The molecule has 4 heteroatoms. The summed E-state index contributed by atoms with van der Waals surface area (Å²) in [5.74, 6) is 3.67. The van der Waals surface area contributed by atoms with Gasteiger partial charge in [-0.15, -0.1) is 0 Å². The van der Waals surface area contributed by atoms with E-state index >= 15 is 0 Å². The lowest BCUT2D eigenvalue weighted by Gasteiger charge is -2.45. The standard InChI is InChI=1S/C30H41FO3/c1-3-5-17-33-27-15-16-29(28(31)20-27)34-30(32)23-11-9-22(10-12-23)25-14-13-24-18-21(6-4-2)7-8-26(24)19-25/h3-6,15-16,20-26H,7-14,17-19H2,1-2H3/b5-3+,6-4+. The van der Waals surface area contributed by atoms with Gasteiger partial charge in [-0.05, 0) is 120 Å². The minimum Gasteiger partial charge on any atom is -0.489 e. The molecule has 4 atom stereocenters. The molecule has 186 valence electrons. The quantitative estimate of drug-likeness (QED) is 0.232. The normalized spacial score (nSPS) is 32.0. The van der Waals surface area contributed by atoms with Crippen LogP contribution in [0.2, 0.25) is 0 Å². The van der Waals surface area contributed by atoms with E-state index in [-0.39, 0.29) is 17.6 Å². The van der Waals surface area contributed by atoms with Gasteiger partial charge < -0.3 is 9.47 Å². The second-order valence-electron chi connectivity index (χ2n) is 10.7. The highest BCUT2D eigenvalue weighted by molar-refractivity contribution is 5.75. The van der Waals surface area contributed by atoms with E-state index in [2.05, 4.69) is 19.1 Å². The summed E-state index contributed by atoms with van der Waals surface area (Å²) in [5, 5.41) is 0.